The third-order valence-corrected chi connectivity index (χ3v) is 3.52. The topological polar surface area (TPSA) is 25.8 Å². The lowest BCUT2D eigenvalue weighted by Gasteiger charge is -2.04. The lowest BCUT2D eigenvalue weighted by Crippen LogP contribution is -1.94. The first kappa shape index (κ1) is 9.55. The van der Waals surface area contributed by atoms with Gasteiger partial charge in [0.2, 0.25) is 0 Å². The summed E-state index contributed by atoms with van der Waals surface area (Å²) in [6.07, 6.45) is 2.38. The van der Waals surface area contributed by atoms with Crippen molar-refractivity contribution in [1.29, 1.82) is 0 Å². The van der Waals surface area contributed by atoms with Crippen LogP contribution >= 0.6 is 27.5 Å². The largest absolute Gasteiger partial charge is 0.232 e. The highest BCUT2D eigenvalue weighted by Gasteiger charge is 2.27. The van der Waals surface area contributed by atoms with Gasteiger partial charge in [0.05, 0.1) is 10.9 Å². The SMILES string of the molecule is Clc1nc(C2CC2)nc2cccc(Br)c12. The van der Waals surface area contributed by atoms with Crippen LogP contribution in [-0.4, -0.2) is 9.97 Å². The smallest absolute Gasteiger partial charge is 0.141 e. The van der Waals surface area contributed by atoms with Crippen molar-refractivity contribution in [3.8, 4) is 0 Å². The summed E-state index contributed by atoms with van der Waals surface area (Å²) in [6.45, 7) is 0. The van der Waals surface area contributed by atoms with Crippen molar-refractivity contribution in [1.82, 2.24) is 9.97 Å². The second-order valence-corrected chi connectivity index (χ2v) is 4.99. The molecule has 0 aliphatic heterocycles. The van der Waals surface area contributed by atoms with Crippen LogP contribution < -0.4 is 0 Å². The fourth-order valence-corrected chi connectivity index (χ4v) is 2.58. The molecular formula is C11H8BrClN2. The van der Waals surface area contributed by atoms with E-state index in [1.165, 1.54) is 12.8 Å². The van der Waals surface area contributed by atoms with Crippen molar-refractivity contribution < 1.29 is 0 Å². The lowest BCUT2D eigenvalue weighted by atomic mass is 10.2. The highest BCUT2D eigenvalue weighted by atomic mass is 79.9. The molecule has 0 unspecified atom stereocenters. The standard InChI is InChI=1S/C11H8BrClN2/c12-7-2-1-3-8-9(7)10(13)15-11(14-8)6-4-5-6/h1-3,6H,4-5H2. The second kappa shape index (κ2) is 3.42. The minimum atomic E-state index is 0.533. The molecule has 1 aromatic heterocycles. The molecule has 1 saturated carbocycles. The summed E-state index contributed by atoms with van der Waals surface area (Å²) in [4.78, 5) is 8.88. The van der Waals surface area contributed by atoms with Gasteiger partial charge < -0.3 is 0 Å². The third-order valence-electron chi connectivity index (χ3n) is 2.59. The summed E-state index contributed by atoms with van der Waals surface area (Å²) in [5.74, 6) is 1.43. The molecule has 0 N–H and O–H groups in total. The van der Waals surface area contributed by atoms with Crippen LogP contribution in [0.3, 0.4) is 0 Å². The van der Waals surface area contributed by atoms with E-state index >= 15 is 0 Å². The van der Waals surface area contributed by atoms with E-state index in [2.05, 4.69) is 25.9 Å². The van der Waals surface area contributed by atoms with Gasteiger partial charge in [-0.25, -0.2) is 9.97 Å². The number of halogens is 2. The molecular weight excluding hydrogens is 275 g/mol. The molecule has 1 aliphatic carbocycles. The number of aromatic nitrogens is 2. The molecule has 0 saturated heterocycles. The molecule has 2 aromatic rings. The average Bonchev–Trinajstić information content (AvgIpc) is 3.00. The number of hydrogen-bond acceptors (Lipinski definition) is 2. The van der Waals surface area contributed by atoms with Crippen LogP contribution in [0.5, 0.6) is 0 Å². The van der Waals surface area contributed by atoms with Crippen LogP contribution in [0, 0.1) is 0 Å². The summed E-state index contributed by atoms with van der Waals surface area (Å²) in [7, 11) is 0. The number of fused-ring (bicyclic) bond motifs is 1. The molecule has 1 aromatic carbocycles. The summed E-state index contributed by atoms with van der Waals surface area (Å²) in [5.41, 5.74) is 0.922. The molecule has 4 heteroatoms. The van der Waals surface area contributed by atoms with Crippen LogP contribution in [0.2, 0.25) is 5.15 Å². The summed E-state index contributed by atoms with van der Waals surface area (Å²) in [5, 5.41) is 1.46. The molecule has 1 fully saturated rings. The van der Waals surface area contributed by atoms with Gasteiger partial charge in [-0.05, 0) is 40.9 Å². The molecule has 1 aliphatic rings. The molecule has 0 radical (unpaired) electrons. The van der Waals surface area contributed by atoms with Crippen molar-refractivity contribution >= 4 is 38.4 Å². The second-order valence-electron chi connectivity index (χ2n) is 3.78. The maximum Gasteiger partial charge on any atom is 0.141 e. The highest BCUT2D eigenvalue weighted by molar-refractivity contribution is 9.10. The molecule has 15 heavy (non-hydrogen) atoms. The van der Waals surface area contributed by atoms with Crippen LogP contribution in [0.25, 0.3) is 10.9 Å². The molecule has 0 amide bonds. The van der Waals surface area contributed by atoms with Crippen molar-refractivity contribution in [2.45, 2.75) is 18.8 Å². The average molecular weight is 284 g/mol. The normalized spacial score (nSPS) is 15.9. The number of benzene rings is 1. The molecule has 0 bridgehead atoms. The first-order valence-electron chi connectivity index (χ1n) is 4.87. The van der Waals surface area contributed by atoms with Gasteiger partial charge in [-0.15, -0.1) is 0 Å². The molecule has 76 valence electrons. The van der Waals surface area contributed by atoms with Crippen molar-refractivity contribution in [2.75, 3.05) is 0 Å². The third kappa shape index (κ3) is 1.64. The Labute approximate surface area is 101 Å². The quantitative estimate of drug-likeness (QED) is 0.741. The fraction of sp³-hybridized carbons (Fsp3) is 0.273. The van der Waals surface area contributed by atoms with Crippen LogP contribution in [0.4, 0.5) is 0 Å². The van der Waals surface area contributed by atoms with E-state index in [9.17, 15) is 0 Å². The van der Waals surface area contributed by atoms with E-state index in [4.69, 9.17) is 11.6 Å². The van der Waals surface area contributed by atoms with Gasteiger partial charge in [0.1, 0.15) is 11.0 Å². The van der Waals surface area contributed by atoms with Gasteiger partial charge in [-0.2, -0.15) is 0 Å². The van der Waals surface area contributed by atoms with Gasteiger partial charge in [-0.1, -0.05) is 17.7 Å². The highest BCUT2D eigenvalue weighted by Crippen LogP contribution is 2.40. The Balaban J connectivity index is 2.31. The summed E-state index contributed by atoms with van der Waals surface area (Å²) in [6, 6.07) is 5.89. The minimum absolute atomic E-state index is 0.533. The number of rotatable bonds is 1. The predicted octanol–water partition coefficient (Wildman–Crippen LogP) is 3.92. The van der Waals surface area contributed by atoms with Gasteiger partial charge >= 0.3 is 0 Å². The van der Waals surface area contributed by atoms with E-state index in [-0.39, 0.29) is 0 Å². The van der Waals surface area contributed by atoms with Crippen LogP contribution in [-0.2, 0) is 0 Å². The maximum atomic E-state index is 6.16. The van der Waals surface area contributed by atoms with Crippen molar-refractivity contribution in [3.05, 3.63) is 33.6 Å². The lowest BCUT2D eigenvalue weighted by molar-refractivity contribution is 0.948. The van der Waals surface area contributed by atoms with Gasteiger partial charge in [-0.3, -0.25) is 0 Å². The van der Waals surface area contributed by atoms with E-state index in [0.717, 1.165) is 21.2 Å². The van der Waals surface area contributed by atoms with Crippen molar-refractivity contribution in [2.24, 2.45) is 0 Å². The Morgan fingerprint density at radius 3 is 2.80 bits per heavy atom. The Morgan fingerprint density at radius 1 is 1.27 bits per heavy atom. The zero-order valence-electron chi connectivity index (χ0n) is 7.87. The Hall–Kier alpha value is -0.670. The molecule has 0 spiro atoms. The number of hydrogen-bond donors (Lipinski definition) is 0. The molecule has 0 atom stereocenters. The fourth-order valence-electron chi connectivity index (χ4n) is 1.64. The Bertz CT molecular complexity index is 537. The van der Waals surface area contributed by atoms with Gasteiger partial charge in [0, 0.05) is 10.4 Å². The molecule has 1 heterocycles. The van der Waals surface area contributed by atoms with Crippen LogP contribution in [0.1, 0.15) is 24.6 Å². The van der Waals surface area contributed by atoms with E-state index in [1.807, 2.05) is 18.2 Å². The maximum absolute atomic E-state index is 6.16. The summed E-state index contributed by atoms with van der Waals surface area (Å²) < 4.78 is 0.951. The zero-order chi connectivity index (χ0) is 10.4. The Morgan fingerprint density at radius 2 is 2.07 bits per heavy atom. The molecule has 3 rings (SSSR count). The minimum Gasteiger partial charge on any atom is -0.232 e. The van der Waals surface area contributed by atoms with E-state index in [1.54, 1.807) is 0 Å². The predicted molar refractivity (Wildman–Crippen MR) is 64.2 cm³/mol. The van der Waals surface area contributed by atoms with E-state index in [0.29, 0.717) is 11.1 Å². The van der Waals surface area contributed by atoms with Crippen LogP contribution in [0.15, 0.2) is 22.7 Å². The zero-order valence-corrected chi connectivity index (χ0v) is 10.2. The Kier molecular flexibility index (Phi) is 2.18. The first-order valence-corrected chi connectivity index (χ1v) is 6.04. The van der Waals surface area contributed by atoms with E-state index < -0.39 is 0 Å². The molecule has 2 nitrogen and oxygen atoms in total. The monoisotopic (exact) mass is 282 g/mol. The summed E-state index contributed by atoms with van der Waals surface area (Å²) >= 11 is 9.62. The number of nitrogens with zero attached hydrogens (tertiary/aromatic N) is 2. The van der Waals surface area contributed by atoms with Gasteiger partial charge in [0.25, 0.3) is 0 Å². The van der Waals surface area contributed by atoms with Gasteiger partial charge in [0.15, 0.2) is 0 Å². The van der Waals surface area contributed by atoms with Crippen molar-refractivity contribution in [3.63, 3.8) is 0 Å². The first-order chi connectivity index (χ1) is 7.25.